The van der Waals surface area contributed by atoms with E-state index >= 15 is 0 Å². The van der Waals surface area contributed by atoms with Crippen LogP contribution in [0.4, 0.5) is 11.4 Å². The van der Waals surface area contributed by atoms with E-state index in [-0.39, 0.29) is 11.6 Å². The van der Waals surface area contributed by atoms with Crippen LogP contribution in [0, 0.1) is 17.0 Å². The molecule has 0 aliphatic heterocycles. The molecule has 2 aromatic carbocycles. The van der Waals surface area contributed by atoms with Crippen LogP contribution in [0.3, 0.4) is 0 Å². The summed E-state index contributed by atoms with van der Waals surface area (Å²) in [5, 5.41) is 13.4. The van der Waals surface area contributed by atoms with Crippen LogP contribution in [0.1, 0.15) is 11.3 Å². The van der Waals surface area contributed by atoms with Gasteiger partial charge in [-0.05, 0) is 49.4 Å². The highest BCUT2D eigenvalue weighted by Gasteiger charge is 2.08. The molecule has 6 heteroatoms. The van der Waals surface area contributed by atoms with E-state index in [0.29, 0.717) is 11.5 Å². The summed E-state index contributed by atoms with van der Waals surface area (Å²) in [6, 6.07) is 17.1. The lowest BCUT2D eigenvalue weighted by molar-refractivity contribution is -0.384. The number of aryl methyl sites for hydroxylation is 1. The van der Waals surface area contributed by atoms with Crippen LogP contribution in [0.25, 0.3) is 17.4 Å². The van der Waals surface area contributed by atoms with Crippen molar-refractivity contribution in [3.8, 4) is 11.3 Å². The largest absolute Gasteiger partial charge is 0.457 e. The van der Waals surface area contributed by atoms with E-state index < -0.39 is 4.92 Å². The Morgan fingerprint density at radius 3 is 2.38 bits per heavy atom. The van der Waals surface area contributed by atoms with E-state index in [4.69, 9.17) is 4.42 Å². The van der Waals surface area contributed by atoms with E-state index in [2.05, 4.69) is 5.32 Å². The molecule has 130 valence electrons. The maximum Gasteiger partial charge on any atom is 0.269 e. The predicted molar refractivity (Wildman–Crippen MR) is 99.6 cm³/mol. The Bertz CT molecular complexity index is 954. The summed E-state index contributed by atoms with van der Waals surface area (Å²) < 4.78 is 5.65. The highest BCUT2D eigenvalue weighted by Crippen LogP contribution is 2.25. The highest BCUT2D eigenvalue weighted by atomic mass is 16.6. The standard InChI is InChI=1S/C20H16N2O4/c1-14-2-6-16(7-3-14)21-20(23)13-11-18-10-12-19(26-18)15-4-8-17(9-5-15)22(24)25/h2-13H,1H3,(H,21,23). The number of nitrogens with one attached hydrogen (secondary N) is 1. The third-order valence-electron chi connectivity index (χ3n) is 3.71. The van der Waals surface area contributed by atoms with E-state index in [1.165, 1.54) is 18.2 Å². The number of nitrogens with zero attached hydrogens (tertiary/aromatic N) is 1. The minimum Gasteiger partial charge on any atom is -0.457 e. The number of nitro benzene ring substituents is 1. The van der Waals surface area contributed by atoms with Gasteiger partial charge in [0, 0.05) is 29.5 Å². The first-order chi connectivity index (χ1) is 12.5. The van der Waals surface area contributed by atoms with Crippen molar-refractivity contribution in [1.29, 1.82) is 0 Å². The smallest absolute Gasteiger partial charge is 0.269 e. The number of non-ortho nitro benzene ring substituents is 1. The van der Waals surface area contributed by atoms with Crippen molar-refractivity contribution in [2.75, 3.05) is 5.32 Å². The number of hydrogen-bond donors (Lipinski definition) is 1. The van der Waals surface area contributed by atoms with Gasteiger partial charge in [-0.3, -0.25) is 14.9 Å². The summed E-state index contributed by atoms with van der Waals surface area (Å²) >= 11 is 0. The van der Waals surface area contributed by atoms with Crippen molar-refractivity contribution in [3.63, 3.8) is 0 Å². The average molecular weight is 348 g/mol. The van der Waals surface area contributed by atoms with Gasteiger partial charge in [0.15, 0.2) is 0 Å². The van der Waals surface area contributed by atoms with Crippen molar-refractivity contribution >= 4 is 23.4 Å². The van der Waals surface area contributed by atoms with Crippen molar-refractivity contribution in [2.45, 2.75) is 6.92 Å². The Morgan fingerprint density at radius 1 is 1.04 bits per heavy atom. The molecule has 1 amide bonds. The molecule has 0 unspecified atom stereocenters. The third kappa shape index (κ3) is 4.24. The van der Waals surface area contributed by atoms with Crippen molar-refractivity contribution in [1.82, 2.24) is 0 Å². The number of furan rings is 1. The Morgan fingerprint density at radius 2 is 1.73 bits per heavy atom. The first-order valence-electron chi connectivity index (χ1n) is 7.92. The fourth-order valence-corrected chi connectivity index (χ4v) is 2.32. The minimum atomic E-state index is -0.452. The van der Waals surface area contributed by atoms with Crippen LogP contribution in [-0.4, -0.2) is 10.8 Å². The molecule has 1 N–H and O–H groups in total. The van der Waals surface area contributed by atoms with Crippen LogP contribution in [-0.2, 0) is 4.79 Å². The van der Waals surface area contributed by atoms with Gasteiger partial charge >= 0.3 is 0 Å². The fraction of sp³-hybridized carbons (Fsp3) is 0.0500. The molecule has 0 atom stereocenters. The Kier molecular flexibility index (Phi) is 4.94. The monoisotopic (exact) mass is 348 g/mol. The number of nitro groups is 1. The Hall–Kier alpha value is -3.67. The molecule has 6 nitrogen and oxygen atoms in total. The summed E-state index contributed by atoms with van der Waals surface area (Å²) in [5.41, 5.74) is 2.58. The average Bonchev–Trinajstić information content (AvgIpc) is 3.11. The Labute approximate surface area is 149 Å². The number of anilines is 1. The molecular weight excluding hydrogens is 332 g/mol. The van der Waals surface area contributed by atoms with Gasteiger partial charge in [0.25, 0.3) is 5.69 Å². The van der Waals surface area contributed by atoms with Crippen molar-refractivity contribution in [2.24, 2.45) is 0 Å². The highest BCUT2D eigenvalue weighted by molar-refractivity contribution is 6.01. The summed E-state index contributed by atoms with van der Waals surface area (Å²) in [7, 11) is 0. The van der Waals surface area contributed by atoms with Crippen molar-refractivity contribution < 1.29 is 14.1 Å². The van der Waals surface area contributed by atoms with Gasteiger partial charge in [-0.25, -0.2) is 0 Å². The van der Waals surface area contributed by atoms with Crippen molar-refractivity contribution in [3.05, 3.63) is 88.2 Å². The molecule has 1 aromatic heterocycles. The SMILES string of the molecule is Cc1ccc(NC(=O)C=Cc2ccc(-c3ccc([N+](=O)[O-])cc3)o2)cc1. The van der Waals surface area contributed by atoms with Gasteiger partial charge < -0.3 is 9.73 Å². The van der Waals surface area contributed by atoms with Gasteiger partial charge in [0.2, 0.25) is 5.91 Å². The number of amides is 1. The Balaban J connectivity index is 1.65. The van der Waals surface area contributed by atoms with E-state index in [1.54, 1.807) is 30.3 Å². The molecule has 26 heavy (non-hydrogen) atoms. The maximum atomic E-state index is 11.9. The quantitative estimate of drug-likeness (QED) is 0.407. The molecule has 0 aliphatic carbocycles. The van der Waals surface area contributed by atoms with E-state index in [0.717, 1.165) is 16.8 Å². The second-order valence-corrected chi connectivity index (χ2v) is 5.69. The number of rotatable bonds is 5. The lowest BCUT2D eigenvalue weighted by Gasteiger charge is -2.01. The number of carbonyl (C=O) groups excluding carboxylic acids is 1. The second-order valence-electron chi connectivity index (χ2n) is 5.69. The minimum absolute atomic E-state index is 0.0215. The molecule has 0 fully saturated rings. The van der Waals surface area contributed by atoms with Crippen LogP contribution in [0.5, 0.6) is 0 Å². The molecule has 1 heterocycles. The number of carbonyl (C=O) groups is 1. The van der Waals surface area contributed by atoms with Gasteiger partial charge in [-0.15, -0.1) is 0 Å². The zero-order chi connectivity index (χ0) is 18.5. The zero-order valence-electron chi connectivity index (χ0n) is 14.0. The van der Waals surface area contributed by atoms with Crippen LogP contribution < -0.4 is 5.32 Å². The van der Waals surface area contributed by atoms with Gasteiger partial charge in [-0.2, -0.15) is 0 Å². The van der Waals surface area contributed by atoms with Crippen LogP contribution >= 0.6 is 0 Å². The predicted octanol–water partition coefficient (Wildman–Crippen LogP) is 4.82. The number of hydrogen-bond acceptors (Lipinski definition) is 4. The summed E-state index contributed by atoms with van der Waals surface area (Å²) in [5.74, 6) is 0.818. The normalized spacial score (nSPS) is 10.8. The lowest BCUT2D eigenvalue weighted by atomic mass is 10.1. The van der Waals surface area contributed by atoms with Gasteiger partial charge in [0.05, 0.1) is 4.92 Å². The van der Waals surface area contributed by atoms with E-state index in [1.807, 2.05) is 31.2 Å². The lowest BCUT2D eigenvalue weighted by Crippen LogP contribution is -2.07. The van der Waals surface area contributed by atoms with E-state index in [9.17, 15) is 14.9 Å². The molecule has 0 bridgehead atoms. The van der Waals surface area contributed by atoms with Gasteiger partial charge in [-0.1, -0.05) is 17.7 Å². The molecule has 0 saturated carbocycles. The maximum absolute atomic E-state index is 11.9. The molecule has 0 radical (unpaired) electrons. The first kappa shape index (κ1) is 17.2. The molecule has 0 spiro atoms. The fourth-order valence-electron chi connectivity index (χ4n) is 2.32. The zero-order valence-corrected chi connectivity index (χ0v) is 14.0. The molecule has 0 aliphatic rings. The van der Waals surface area contributed by atoms with Crippen LogP contribution in [0.2, 0.25) is 0 Å². The second kappa shape index (κ2) is 7.48. The number of benzene rings is 2. The summed E-state index contributed by atoms with van der Waals surface area (Å²) in [4.78, 5) is 22.2. The summed E-state index contributed by atoms with van der Waals surface area (Å²) in [6.45, 7) is 1.98. The topological polar surface area (TPSA) is 85.4 Å². The molecule has 3 aromatic rings. The first-order valence-corrected chi connectivity index (χ1v) is 7.92. The third-order valence-corrected chi connectivity index (χ3v) is 3.71. The van der Waals surface area contributed by atoms with Crippen LogP contribution in [0.15, 0.2) is 71.2 Å². The molecule has 0 saturated heterocycles. The summed E-state index contributed by atoms with van der Waals surface area (Å²) in [6.07, 6.45) is 2.96. The molecular formula is C20H16N2O4. The molecule has 3 rings (SSSR count). The van der Waals surface area contributed by atoms with Gasteiger partial charge in [0.1, 0.15) is 11.5 Å².